The van der Waals surface area contributed by atoms with Gasteiger partial charge in [-0.15, -0.1) is 0 Å². The van der Waals surface area contributed by atoms with E-state index in [-0.39, 0.29) is 5.92 Å². The molecule has 22 heavy (non-hydrogen) atoms. The summed E-state index contributed by atoms with van der Waals surface area (Å²) >= 11 is 0. The van der Waals surface area contributed by atoms with Crippen molar-refractivity contribution >= 4 is 5.78 Å². The molecule has 0 fully saturated rings. The van der Waals surface area contributed by atoms with E-state index in [1.165, 1.54) is 5.56 Å². The topological polar surface area (TPSA) is 26.3 Å². The monoisotopic (exact) mass is 306 g/mol. The van der Waals surface area contributed by atoms with E-state index in [4.69, 9.17) is 4.74 Å². The first-order chi connectivity index (χ1) is 10.6. The molecule has 0 bridgehead atoms. The Morgan fingerprint density at radius 2 is 1.86 bits per heavy atom. The molecule has 1 aromatic carbocycles. The van der Waals surface area contributed by atoms with Gasteiger partial charge in [0.15, 0.2) is 0 Å². The second-order valence-electron chi connectivity index (χ2n) is 5.68. The lowest BCUT2D eigenvalue weighted by Gasteiger charge is -2.07. The number of benzene rings is 1. The van der Waals surface area contributed by atoms with Crippen molar-refractivity contribution in [3.63, 3.8) is 0 Å². The number of carbonyl (C=O) groups excluding carboxylic acids is 1. The molecular formula is C20H34O2. The molecule has 126 valence electrons. The molecule has 0 saturated heterocycles. The minimum Gasteiger partial charge on any atom is -0.494 e. The number of hydrogen-bond donors (Lipinski definition) is 0. The van der Waals surface area contributed by atoms with Crippen LogP contribution in [-0.4, -0.2) is 12.4 Å². The maximum Gasteiger partial charge on any atom is 0.135 e. The van der Waals surface area contributed by atoms with Crippen molar-refractivity contribution in [3.05, 3.63) is 29.8 Å². The second-order valence-corrected chi connectivity index (χ2v) is 5.68. The quantitative estimate of drug-likeness (QED) is 0.508. The number of unbranched alkanes of at least 4 members (excludes halogenated alkanes) is 2. The number of aryl methyl sites for hydroxylation is 1. The van der Waals surface area contributed by atoms with E-state index in [1.54, 1.807) is 0 Å². The summed E-state index contributed by atoms with van der Waals surface area (Å²) in [6.07, 6.45) is 6.12. The van der Waals surface area contributed by atoms with Gasteiger partial charge in [-0.25, -0.2) is 0 Å². The second kappa shape index (κ2) is 13.4. The average Bonchev–Trinajstić information content (AvgIpc) is 2.54. The molecule has 0 heterocycles. The van der Waals surface area contributed by atoms with Gasteiger partial charge in [-0.05, 0) is 43.4 Å². The van der Waals surface area contributed by atoms with Crippen LogP contribution in [0.15, 0.2) is 24.3 Å². The fraction of sp³-hybridized carbons (Fsp3) is 0.650. The number of hydrogen-bond acceptors (Lipinski definition) is 2. The number of ketones is 1. The molecule has 0 aliphatic carbocycles. The third kappa shape index (κ3) is 9.59. The molecule has 0 aliphatic heterocycles. The summed E-state index contributed by atoms with van der Waals surface area (Å²) in [6, 6.07) is 8.36. The van der Waals surface area contributed by atoms with Crippen molar-refractivity contribution in [1.29, 1.82) is 0 Å². The Balaban J connectivity index is 0.00000211. The molecule has 0 N–H and O–H groups in total. The zero-order chi connectivity index (χ0) is 16.8. The Kier molecular flexibility index (Phi) is 12.6. The maximum atomic E-state index is 11.5. The highest BCUT2D eigenvalue weighted by Crippen LogP contribution is 2.16. The summed E-state index contributed by atoms with van der Waals surface area (Å²) in [7, 11) is 0. The van der Waals surface area contributed by atoms with Gasteiger partial charge in [0.05, 0.1) is 6.61 Å². The number of carbonyl (C=O) groups is 1. The van der Waals surface area contributed by atoms with Gasteiger partial charge in [0.25, 0.3) is 0 Å². The third-order valence-corrected chi connectivity index (χ3v) is 3.40. The highest BCUT2D eigenvalue weighted by atomic mass is 16.5. The Hall–Kier alpha value is -1.31. The predicted octanol–water partition coefficient (Wildman–Crippen LogP) is 5.83. The van der Waals surface area contributed by atoms with Crippen LogP contribution in [0.2, 0.25) is 0 Å². The van der Waals surface area contributed by atoms with E-state index < -0.39 is 0 Å². The summed E-state index contributed by atoms with van der Waals surface area (Å²) in [5.74, 6) is 1.54. The molecule has 0 amide bonds. The first-order valence-electron chi connectivity index (χ1n) is 8.88. The molecule has 0 aromatic heterocycles. The van der Waals surface area contributed by atoms with Gasteiger partial charge in [-0.3, -0.25) is 4.79 Å². The molecule has 1 rings (SSSR count). The van der Waals surface area contributed by atoms with Crippen molar-refractivity contribution in [3.8, 4) is 5.75 Å². The van der Waals surface area contributed by atoms with Gasteiger partial charge in [0, 0.05) is 12.3 Å². The first kappa shape index (κ1) is 20.7. The fourth-order valence-electron chi connectivity index (χ4n) is 2.10. The number of ether oxygens (including phenoxy) is 1. The van der Waals surface area contributed by atoms with Gasteiger partial charge >= 0.3 is 0 Å². The largest absolute Gasteiger partial charge is 0.494 e. The SMILES string of the molecule is CC.CCCOc1cccc(CCCCCC(=O)C(C)C)c1. The van der Waals surface area contributed by atoms with Crippen LogP contribution in [0.5, 0.6) is 5.75 Å². The molecule has 2 heteroatoms. The van der Waals surface area contributed by atoms with Crippen molar-refractivity contribution in [2.45, 2.75) is 73.1 Å². The van der Waals surface area contributed by atoms with Gasteiger partial charge in [0.2, 0.25) is 0 Å². The van der Waals surface area contributed by atoms with Crippen LogP contribution in [-0.2, 0) is 11.2 Å². The first-order valence-corrected chi connectivity index (χ1v) is 8.88. The lowest BCUT2D eigenvalue weighted by molar-refractivity contribution is -0.122. The van der Waals surface area contributed by atoms with E-state index in [0.717, 1.165) is 50.9 Å². The summed E-state index contributed by atoms with van der Waals surface area (Å²) in [6.45, 7) is 10.8. The standard InChI is InChI=1S/C18H28O2.C2H6/c1-4-13-20-17-11-8-10-16(14-17)9-6-5-7-12-18(19)15(2)3;1-2/h8,10-11,14-15H,4-7,9,12-13H2,1-3H3;1-2H3. The lowest BCUT2D eigenvalue weighted by atomic mass is 10.0. The number of Topliss-reactive ketones (excluding diaryl/α,β-unsaturated/α-hetero) is 1. The third-order valence-electron chi connectivity index (χ3n) is 3.40. The molecule has 0 spiro atoms. The fourth-order valence-corrected chi connectivity index (χ4v) is 2.10. The van der Waals surface area contributed by atoms with Crippen LogP contribution in [0, 0.1) is 5.92 Å². The van der Waals surface area contributed by atoms with Crippen LogP contribution in [0.25, 0.3) is 0 Å². The van der Waals surface area contributed by atoms with E-state index in [9.17, 15) is 4.79 Å². The highest BCUT2D eigenvalue weighted by Gasteiger charge is 2.06. The Bertz CT molecular complexity index is 396. The van der Waals surface area contributed by atoms with Crippen LogP contribution in [0.1, 0.15) is 72.3 Å². The minimum atomic E-state index is 0.183. The van der Waals surface area contributed by atoms with Gasteiger partial charge < -0.3 is 4.74 Å². The van der Waals surface area contributed by atoms with E-state index in [1.807, 2.05) is 33.8 Å². The summed E-state index contributed by atoms with van der Waals surface area (Å²) < 4.78 is 5.64. The van der Waals surface area contributed by atoms with Gasteiger partial charge in [-0.1, -0.05) is 53.2 Å². The van der Waals surface area contributed by atoms with Crippen molar-refractivity contribution in [1.82, 2.24) is 0 Å². The molecule has 0 radical (unpaired) electrons. The molecular weight excluding hydrogens is 272 g/mol. The summed E-state index contributed by atoms with van der Waals surface area (Å²) in [4.78, 5) is 11.5. The minimum absolute atomic E-state index is 0.183. The molecule has 0 aliphatic rings. The Morgan fingerprint density at radius 1 is 1.14 bits per heavy atom. The Morgan fingerprint density at radius 3 is 2.50 bits per heavy atom. The highest BCUT2D eigenvalue weighted by molar-refractivity contribution is 5.80. The van der Waals surface area contributed by atoms with Crippen molar-refractivity contribution in [2.24, 2.45) is 5.92 Å². The van der Waals surface area contributed by atoms with Crippen LogP contribution in [0.4, 0.5) is 0 Å². The molecule has 0 atom stereocenters. The molecule has 2 nitrogen and oxygen atoms in total. The maximum absolute atomic E-state index is 11.5. The zero-order valence-electron chi connectivity index (χ0n) is 15.2. The molecule has 0 unspecified atom stereocenters. The smallest absolute Gasteiger partial charge is 0.135 e. The van der Waals surface area contributed by atoms with Gasteiger partial charge in [0.1, 0.15) is 11.5 Å². The summed E-state index contributed by atoms with van der Waals surface area (Å²) in [5.41, 5.74) is 1.33. The van der Waals surface area contributed by atoms with Gasteiger partial charge in [-0.2, -0.15) is 0 Å². The van der Waals surface area contributed by atoms with Crippen LogP contribution >= 0.6 is 0 Å². The summed E-state index contributed by atoms with van der Waals surface area (Å²) in [5, 5.41) is 0. The molecule has 1 aromatic rings. The number of rotatable bonds is 10. The van der Waals surface area contributed by atoms with E-state index >= 15 is 0 Å². The van der Waals surface area contributed by atoms with Crippen LogP contribution in [0.3, 0.4) is 0 Å². The van der Waals surface area contributed by atoms with Crippen molar-refractivity contribution in [2.75, 3.05) is 6.61 Å². The molecule has 0 saturated carbocycles. The van der Waals surface area contributed by atoms with E-state index in [2.05, 4.69) is 25.1 Å². The predicted molar refractivity (Wildman–Crippen MR) is 95.6 cm³/mol. The Labute approximate surface area is 137 Å². The van der Waals surface area contributed by atoms with E-state index in [0.29, 0.717) is 5.78 Å². The lowest BCUT2D eigenvalue weighted by Crippen LogP contribution is -2.06. The van der Waals surface area contributed by atoms with Crippen molar-refractivity contribution < 1.29 is 9.53 Å². The normalized spacial score (nSPS) is 10.1. The van der Waals surface area contributed by atoms with Crippen LogP contribution < -0.4 is 4.74 Å². The average molecular weight is 306 g/mol. The zero-order valence-corrected chi connectivity index (χ0v) is 15.2.